The van der Waals surface area contributed by atoms with Gasteiger partial charge in [0.15, 0.2) is 8.32 Å². The Morgan fingerprint density at radius 3 is 2.04 bits per heavy atom. The minimum absolute atomic E-state index is 0.258. The Kier molecular flexibility index (Phi) is 5.19. The molecule has 1 aliphatic rings. The summed E-state index contributed by atoms with van der Waals surface area (Å²) in [5.41, 5.74) is 2.78. The van der Waals surface area contributed by atoms with E-state index in [9.17, 15) is 0 Å². The highest BCUT2D eigenvalue weighted by atomic mass is 28.4. The van der Waals surface area contributed by atoms with Gasteiger partial charge in [0.05, 0.1) is 18.7 Å². The summed E-state index contributed by atoms with van der Waals surface area (Å²) in [5, 5.41) is 0.258. The number of rotatable bonds is 6. The fraction of sp³-hybridized carbons (Fsp3) is 0.455. The highest BCUT2D eigenvalue weighted by Gasteiger charge is 2.49. The lowest BCUT2D eigenvalue weighted by Crippen LogP contribution is -2.41. The Morgan fingerprint density at radius 2 is 1.48 bits per heavy atom. The van der Waals surface area contributed by atoms with Gasteiger partial charge in [-0.2, -0.15) is 0 Å². The lowest BCUT2D eigenvalue weighted by atomic mass is 10.1. The van der Waals surface area contributed by atoms with Gasteiger partial charge in [0.2, 0.25) is 0 Å². The molecule has 134 valence electrons. The van der Waals surface area contributed by atoms with E-state index in [-0.39, 0.29) is 5.04 Å². The fourth-order valence-corrected chi connectivity index (χ4v) is 4.12. The molecule has 25 heavy (non-hydrogen) atoms. The van der Waals surface area contributed by atoms with Gasteiger partial charge in [-0.05, 0) is 29.3 Å². The first-order chi connectivity index (χ1) is 11.8. The molecular weight excluding hydrogens is 322 g/mol. The number of hydrogen-bond donors (Lipinski definition) is 0. The third-order valence-electron chi connectivity index (χ3n) is 5.83. The first-order valence-corrected chi connectivity index (χ1v) is 12.2. The van der Waals surface area contributed by atoms with Crippen LogP contribution < -0.4 is 0 Å². The van der Waals surface area contributed by atoms with E-state index in [2.05, 4.69) is 99.4 Å². The summed E-state index contributed by atoms with van der Waals surface area (Å²) in [6, 6.07) is 22.6. The van der Waals surface area contributed by atoms with Crippen molar-refractivity contribution in [3.05, 3.63) is 71.8 Å². The molecule has 2 nitrogen and oxygen atoms in total. The average molecular weight is 354 g/mol. The fourth-order valence-electron chi connectivity index (χ4n) is 3.10. The lowest BCUT2D eigenvalue weighted by molar-refractivity contribution is 0.268. The molecule has 0 aliphatic carbocycles. The average Bonchev–Trinajstić information content (AvgIpc) is 3.26. The van der Waals surface area contributed by atoms with Gasteiger partial charge in [0.1, 0.15) is 0 Å². The number of hydrogen-bond acceptors (Lipinski definition) is 2. The van der Waals surface area contributed by atoms with Gasteiger partial charge in [0.25, 0.3) is 0 Å². The number of benzene rings is 2. The molecule has 0 radical (unpaired) electrons. The summed E-state index contributed by atoms with van der Waals surface area (Å²) in [7, 11) is -1.71. The Labute approximate surface area is 154 Å². The molecule has 1 saturated heterocycles. The topological polar surface area (TPSA) is 12.2 Å². The minimum atomic E-state index is -1.71. The molecule has 3 atom stereocenters. The van der Waals surface area contributed by atoms with Crippen LogP contribution in [0, 0.1) is 0 Å². The van der Waals surface area contributed by atoms with Crippen LogP contribution in [0.3, 0.4) is 0 Å². The molecule has 1 unspecified atom stereocenters. The van der Waals surface area contributed by atoms with E-state index < -0.39 is 8.32 Å². The first kappa shape index (κ1) is 18.4. The van der Waals surface area contributed by atoms with Crippen LogP contribution in [-0.2, 0) is 11.0 Å². The van der Waals surface area contributed by atoms with Crippen molar-refractivity contribution in [1.29, 1.82) is 0 Å². The van der Waals surface area contributed by atoms with E-state index in [1.165, 1.54) is 11.1 Å². The Balaban J connectivity index is 1.71. The Bertz CT molecular complexity index is 678. The summed E-state index contributed by atoms with van der Waals surface area (Å²) >= 11 is 0. The second-order valence-electron chi connectivity index (χ2n) is 8.65. The second kappa shape index (κ2) is 7.06. The normalized spacial score (nSPS) is 23.5. The van der Waals surface area contributed by atoms with Gasteiger partial charge in [-0.3, -0.25) is 4.90 Å². The molecule has 3 heteroatoms. The van der Waals surface area contributed by atoms with Gasteiger partial charge in [-0.1, -0.05) is 81.4 Å². The van der Waals surface area contributed by atoms with Crippen molar-refractivity contribution in [2.24, 2.45) is 0 Å². The van der Waals surface area contributed by atoms with Crippen molar-refractivity contribution < 1.29 is 4.43 Å². The zero-order valence-electron chi connectivity index (χ0n) is 16.2. The zero-order valence-corrected chi connectivity index (χ0v) is 17.2. The van der Waals surface area contributed by atoms with Crippen molar-refractivity contribution >= 4 is 8.32 Å². The van der Waals surface area contributed by atoms with Crippen molar-refractivity contribution in [3.8, 4) is 0 Å². The molecule has 0 spiro atoms. The summed E-state index contributed by atoms with van der Waals surface area (Å²) < 4.78 is 6.53. The largest absolute Gasteiger partial charge is 0.415 e. The highest BCUT2D eigenvalue weighted by molar-refractivity contribution is 6.74. The van der Waals surface area contributed by atoms with E-state index in [0.717, 1.165) is 13.2 Å². The molecular formula is C22H31NOSi. The van der Waals surface area contributed by atoms with Crippen LogP contribution in [0.5, 0.6) is 0 Å². The molecule has 0 saturated carbocycles. The third kappa shape index (κ3) is 4.22. The van der Waals surface area contributed by atoms with Gasteiger partial charge < -0.3 is 4.43 Å². The molecule has 0 bridgehead atoms. The van der Waals surface area contributed by atoms with Crippen LogP contribution in [-0.4, -0.2) is 25.9 Å². The third-order valence-corrected chi connectivity index (χ3v) is 10.3. The van der Waals surface area contributed by atoms with Crippen molar-refractivity contribution in [3.63, 3.8) is 0 Å². The Morgan fingerprint density at radius 1 is 0.920 bits per heavy atom. The standard InChI is InChI=1S/C22H31NOSi/c1-22(2,3)25(4,5)24-17-20-21(19-14-10-7-11-15-19)23(20)16-18-12-8-6-9-13-18/h6-15,20-21H,16-17H2,1-5H3/t20-,21-,23?/m0/s1. The molecule has 0 N–H and O–H groups in total. The molecule has 1 heterocycles. The van der Waals surface area contributed by atoms with Crippen LogP contribution in [0.2, 0.25) is 18.1 Å². The predicted octanol–water partition coefficient (Wildman–Crippen LogP) is 5.63. The zero-order chi connectivity index (χ0) is 18.1. The lowest BCUT2D eigenvalue weighted by Gasteiger charge is -2.36. The SMILES string of the molecule is CC(C)(C)[Si](C)(C)OC[C@H]1[C@H](c2ccccc2)N1Cc1ccccc1. The van der Waals surface area contributed by atoms with E-state index in [1.807, 2.05) is 0 Å². The predicted molar refractivity (Wildman–Crippen MR) is 108 cm³/mol. The quantitative estimate of drug-likeness (QED) is 0.492. The van der Waals surface area contributed by atoms with E-state index in [0.29, 0.717) is 12.1 Å². The monoisotopic (exact) mass is 353 g/mol. The maximum atomic E-state index is 6.53. The van der Waals surface area contributed by atoms with Crippen molar-refractivity contribution in [1.82, 2.24) is 4.90 Å². The summed E-state index contributed by atoms with van der Waals surface area (Å²) in [6.07, 6.45) is 0. The van der Waals surface area contributed by atoms with E-state index >= 15 is 0 Å². The molecule has 2 aromatic carbocycles. The van der Waals surface area contributed by atoms with Crippen molar-refractivity contribution in [2.45, 2.75) is 57.5 Å². The maximum absolute atomic E-state index is 6.53. The van der Waals surface area contributed by atoms with Crippen LogP contribution in [0.25, 0.3) is 0 Å². The maximum Gasteiger partial charge on any atom is 0.192 e. The summed E-state index contributed by atoms with van der Waals surface area (Å²) in [4.78, 5) is 2.57. The van der Waals surface area contributed by atoms with Gasteiger partial charge in [-0.25, -0.2) is 0 Å². The van der Waals surface area contributed by atoms with Gasteiger partial charge in [0, 0.05) is 6.54 Å². The summed E-state index contributed by atoms with van der Waals surface area (Å²) in [5.74, 6) is 0. The van der Waals surface area contributed by atoms with Crippen LogP contribution >= 0.6 is 0 Å². The van der Waals surface area contributed by atoms with Crippen molar-refractivity contribution in [2.75, 3.05) is 6.61 Å². The molecule has 1 fully saturated rings. The highest BCUT2D eigenvalue weighted by Crippen LogP contribution is 2.46. The van der Waals surface area contributed by atoms with E-state index in [4.69, 9.17) is 4.43 Å². The van der Waals surface area contributed by atoms with E-state index in [1.54, 1.807) is 0 Å². The molecule has 3 rings (SSSR count). The molecule has 2 aromatic rings. The van der Waals surface area contributed by atoms with Crippen LogP contribution in [0.15, 0.2) is 60.7 Å². The smallest absolute Gasteiger partial charge is 0.192 e. The van der Waals surface area contributed by atoms with Gasteiger partial charge in [-0.15, -0.1) is 0 Å². The van der Waals surface area contributed by atoms with Crippen LogP contribution in [0.4, 0.5) is 0 Å². The summed E-state index contributed by atoms with van der Waals surface area (Å²) in [6.45, 7) is 13.4. The minimum Gasteiger partial charge on any atom is -0.415 e. The molecule has 0 aromatic heterocycles. The number of nitrogens with zero attached hydrogens (tertiary/aromatic N) is 1. The first-order valence-electron chi connectivity index (χ1n) is 9.28. The Hall–Kier alpha value is -1.42. The second-order valence-corrected chi connectivity index (χ2v) is 13.5. The molecule has 1 aliphatic heterocycles. The molecule has 0 amide bonds. The van der Waals surface area contributed by atoms with Gasteiger partial charge >= 0.3 is 0 Å². The van der Waals surface area contributed by atoms with Crippen LogP contribution in [0.1, 0.15) is 37.9 Å².